The van der Waals surface area contributed by atoms with Gasteiger partial charge in [-0.3, -0.25) is 0 Å². The van der Waals surface area contributed by atoms with Crippen LogP contribution in [-0.2, 0) is 32.7 Å². The standard InChI is InChI=1S/C15H20NO2.CH3.Y/c1-9-4-5-11-10(8-9)13-12(17)6-7-16-14(13)18-15(11,2)3;;/h6,9-11H,4-5,8H2,1-3H3,(H,16,17);1H3;/q2*-1;. The van der Waals surface area contributed by atoms with Gasteiger partial charge in [-0.1, -0.05) is 25.1 Å². The summed E-state index contributed by atoms with van der Waals surface area (Å²) in [5, 5.41) is 10.1. The van der Waals surface area contributed by atoms with E-state index in [0.717, 1.165) is 18.4 Å². The molecule has 1 aliphatic heterocycles. The number of aromatic hydroxyl groups is 1. The number of aromatic nitrogens is 1. The fourth-order valence-corrected chi connectivity index (χ4v) is 3.68. The normalized spacial score (nSPS) is 29.9. The first-order valence-electron chi connectivity index (χ1n) is 6.78. The van der Waals surface area contributed by atoms with Crippen LogP contribution >= 0.6 is 0 Å². The van der Waals surface area contributed by atoms with Crippen LogP contribution in [0.4, 0.5) is 0 Å². The van der Waals surface area contributed by atoms with Gasteiger partial charge >= 0.3 is 0 Å². The fraction of sp³-hybridized carbons (Fsp3) is 0.625. The van der Waals surface area contributed by atoms with Gasteiger partial charge < -0.3 is 22.3 Å². The Bertz CT molecular complexity index is 476. The van der Waals surface area contributed by atoms with E-state index in [1.165, 1.54) is 6.42 Å². The molecule has 3 atom stereocenters. The van der Waals surface area contributed by atoms with Crippen LogP contribution in [0.3, 0.4) is 0 Å². The molecule has 0 bridgehead atoms. The maximum atomic E-state index is 10.1. The van der Waals surface area contributed by atoms with E-state index < -0.39 is 0 Å². The summed E-state index contributed by atoms with van der Waals surface area (Å²) >= 11 is 0. The number of hydrogen-bond acceptors (Lipinski definition) is 3. The summed E-state index contributed by atoms with van der Waals surface area (Å²) in [6.07, 6.45) is 6.23. The van der Waals surface area contributed by atoms with Gasteiger partial charge in [-0.25, -0.2) is 0 Å². The van der Waals surface area contributed by atoms with Crippen LogP contribution in [-0.4, -0.2) is 15.7 Å². The zero-order valence-corrected chi connectivity index (χ0v) is 15.6. The molecule has 0 aromatic carbocycles. The second-order valence-corrected chi connectivity index (χ2v) is 6.33. The topological polar surface area (TPSA) is 42.4 Å². The predicted octanol–water partition coefficient (Wildman–Crippen LogP) is 3.73. The Hall–Kier alpha value is -0.146. The molecule has 1 aromatic heterocycles. The summed E-state index contributed by atoms with van der Waals surface area (Å²) in [6, 6.07) is 1.55. The zero-order valence-electron chi connectivity index (χ0n) is 12.8. The average Bonchev–Trinajstić information content (AvgIpc) is 2.27. The van der Waals surface area contributed by atoms with Crippen LogP contribution in [0.2, 0.25) is 0 Å². The summed E-state index contributed by atoms with van der Waals surface area (Å²) in [5.41, 5.74) is 0.705. The van der Waals surface area contributed by atoms with Crippen molar-refractivity contribution in [1.29, 1.82) is 0 Å². The molecule has 1 aromatic rings. The molecule has 3 nitrogen and oxygen atoms in total. The number of pyridine rings is 1. The van der Waals surface area contributed by atoms with E-state index in [-0.39, 0.29) is 45.7 Å². The molecule has 1 aliphatic carbocycles. The molecule has 2 heterocycles. The van der Waals surface area contributed by atoms with Crippen LogP contribution < -0.4 is 4.74 Å². The van der Waals surface area contributed by atoms with Crippen LogP contribution in [0, 0.1) is 25.5 Å². The summed E-state index contributed by atoms with van der Waals surface area (Å²) < 4.78 is 6.00. The minimum absolute atomic E-state index is 0. The van der Waals surface area contributed by atoms with E-state index in [4.69, 9.17) is 4.74 Å². The maximum absolute atomic E-state index is 10.1. The molecule has 1 fully saturated rings. The number of nitrogens with zero attached hydrogens (tertiary/aromatic N) is 1. The maximum Gasteiger partial charge on any atom is 0.104 e. The van der Waals surface area contributed by atoms with E-state index in [0.29, 0.717) is 29.4 Å². The van der Waals surface area contributed by atoms with Gasteiger partial charge in [0.05, 0.1) is 5.60 Å². The fourth-order valence-electron chi connectivity index (χ4n) is 3.68. The SMILES string of the molecule is CC1CCC2C(C1)c1c(O)c[c-]nc1OC2(C)C.[CH3-].[Y]. The monoisotopic (exact) mass is 350 g/mol. The second kappa shape index (κ2) is 6.31. The minimum Gasteiger partial charge on any atom is -0.565 e. The van der Waals surface area contributed by atoms with Gasteiger partial charge in [0.1, 0.15) is 5.88 Å². The molecule has 3 rings (SSSR count). The van der Waals surface area contributed by atoms with Crippen LogP contribution in [0.1, 0.15) is 51.5 Å². The molecule has 1 saturated carbocycles. The minimum atomic E-state index is -0.202. The van der Waals surface area contributed by atoms with Crippen molar-refractivity contribution < 1.29 is 42.6 Å². The summed E-state index contributed by atoms with van der Waals surface area (Å²) in [6.45, 7) is 6.56. The van der Waals surface area contributed by atoms with Crippen LogP contribution in [0.5, 0.6) is 11.6 Å². The predicted molar refractivity (Wildman–Crippen MR) is 75.1 cm³/mol. The van der Waals surface area contributed by atoms with Gasteiger partial charge in [0.25, 0.3) is 0 Å². The first-order chi connectivity index (χ1) is 8.49. The smallest absolute Gasteiger partial charge is 0.104 e. The van der Waals surface area contributed by atoms with E-state index >= 15 is 0 Å². The molecule has 3 unspecified atom stereocenters. The van der Waals surface area contributed by atoms with Crippen molar-refractivity contribution in [3.8, 4) is 11.6 Å². The van der Waals surface area contributed by atoms with Gasteiger partial charge in [-0.05, 0) is 38.5 Å². The van der Waals surface area contributed by atoms with Gasteiger partial charge in [-0.15, -0.1) is 6.07 Å². The zero-order chi connectivity index (χ0) is 12.9. The van der Waals surface area contributed by atoms with Gasteiger partial charge in [0, 0.05) is 44.4 Å². The molecule has 20 heavy (non-hydrogen) atoms. The van der Waals surface area contributed by atoms with Crippen LogP contribution in [0.15, 0.2) is 6.07 Å². The van der Waals surface area contributed by atoms with Gasteiger partial charge in [-0.2, -0.15) is 0 Å². The largest absolute Gasteiger partial charge is 0.565 e. The van der Waals surface area contributed by atoms with E-state index in [9.17, 15) is 5.11 Å². The third-order valence-electron chi connectivity index (χ3n) is 4.61. The Morgan fingerprint density at radius 3 is 2.80 bits per heavy atom. The quantitative estimate of drug-likeness (QED) is 0.725. The molecule has 4 heteroatoms. The summed E-state index contributed by atoms with van der Waals surface area (Å²) in [5.74, 6) is 2.41. The van der Waals surface area contributed by atoms with Crippen molar-refractivity contribution in [3.05, 3.63) is 25.3 Å². The number of fused-ring (bicyclic) bond motifs is 3. The van der Waals surface area contributed by atoms with E-state index in [1.807, 2.05) is 0 Å². The molecule has 1 N–H and O–H groups in total. The van der Waals surface area contributed by atoms with Crippen molar-refractivity contribution in [2.45, 2.75) is 51.6 Å². The Balaban J connectivity index is 0.000001000. The number of hydrogen-bond donors (Lipinski definition) is 1. The Morgan fingerprint density at radius 2 is 2.10 bits per heavy atom. The van der Waals surface area contributed by atoms with Gasteiger partial charge in [0.15, 0.2) is 0 Å². The van der Waals surface area contributed by atoms with Crippen molar-refractivity contribution >= 4 is 0 Å². The van der Waals surface area contributed by atoms with E-state index in [2.05, 4.69) is 32.0 Å². The first-order valence-corrected chi connectivity index (χ1v) is 6.78. The Morgan fingerprint density at radius 1 is 1.40 bits per heavy atom. The van der Waals surface area contributed by atoms with Crippen molar-refractivity contribution in [1.82, 2.24) is 4.98 Å². The summed E-state index contributed by atoms with van der Waals surface area (Å²) in [7, 11) is 0. The van der Waals surface area contributed by atoms with Gasteiger partial charge in [0.2, 0.25) is 0 Å². The van der Waals surface area contributed by atoms with Crippen molar-refractivity contribution in [3.63, 3.8) is 0 Å². The second-order valence-electron chi connectivity index (χ2n) is 6.33. The molecule has 0 spiro atoms. The molecule has 109 valence electrons. The Kier molecular flexibility index (Phi) is 5.65. The molecular weight excluding hydrogens is 327 g/mol. The molecule has 0 amide bonds. The number of ether oxygens (including phenoxy) is 1. The van der Waals surface area contributed by atoms with Crippen LogP contribution in [0.25, 0.3) is 0 Å². The first kappa shape index (κ1) is 17.9. The average molecular weight is 350 g/mol. The van der Waals surface area contributed by atoms with Crippen molar-refractivity contribution in [2.24, 2.45) is 11.8 Å². The third-order valence-corrected chi connectivity index (χ3v) is 4.61. The third kappa shape index (κ3) is 2.90. The van der Waals surface area contributed by atoms with Crippen molar-refractivity contribution in [2.75, 3.05) is 0 Å². The Labute approximate surface area is 147 Å². The van der Waals surface area contributed by atoms with E-state index in [1.54, 1.807) is 6.07 Å². The molecule has 0 saturated heterocycles. The molecule has 1 radical (unpaired) electrons. The summed E-state index contributed by atoms with van der Waals surface area (Å²) in [4.78, 5) is 4.18. The molecule has 2 aliphatic rings. The molecular formula is C16H23NO2Y-2. The number of rotatable bonds is 0.